The summed E-state index contributed by atoms with van der Waals surface area (Å²) in [4.78, 5) is 13.0. The van der Waals surface area contributed by atoms with Gasteiger partial charge in [0.1, 0.15) is 6.04 Å². The van der Waals surface area contributed by atoms with Crippen LogP contribution in [-0.4, -0.2) is 35.6 Å². The third-order valence-corrected chi connectivity index (χ3v) is 2.71. The molecule has 0 saturated carbocycles. The highest BCUT2D eigenvalue weighted by atomic mass is 16.4. The molecule has 0 aromatic carbocycles. The topological polar surface area (TPSA) is 40.5 Å². The average Bonchev–Trinajstić information content (AvgIpc) is 2.14. The molecule has 1 unspecified atom stereocenters. The molecular formula is C12H25NO2. The van der Waals surface area contributed by atoms with Crippen LogP contribution in [0.3, 0.4) is 0 Å². The molecule has 0 aromatic heterocycles. The molecule has 90 valence electrons. The quantitative estimate of drug-likeness (QED) is 0.676. The molecule has 0 aliphatic heterocycles. The van der Waals surface area contributed by atoms with Crippen molar-refractivity contribution in [3.05, 3.63) is 0 Å². The van der Waals surface area contributed by atoms with Gasteiger partial charge in [-0.2, -0.15) is 0 Å². The second kappa shape index (κ2) is 7.69. The number of carboxylic acid groups (broad SMARTS) is 1. The second-order valence-electron chi connectivity index (χ2n) is 4.66. The van der Waals surface area contributed by atoms with E-state index in [1.54, 1.807) is 0 Å². The zero-order valence-corrected chi connectivity index (χ0v) is 10.5. The van der Waals surface area contributed by atoms with Gasteiger partial charge in [-0.15, -0.1) is 0 Å². The predicted molar refractivity (Wildman–Crippen MR) is 63.0 cm³/mol. The Kier molecular flexibility index (Phi) is 7.39. The maximum atomic E-state index is 11.0. The fraction of sp³-hybridized carbons (Fsp3) is 0.917. The van der Waals surface area contributed by atoms with Gasteiger partial charge in [-0.25, -0.2) is 0 Å². The van der Waals surface area contributed by atoms with Crippen molar-refractivity contribution in [2.75, 3.05) is 13.6 Å². The van der Waals surface area contributed by atoms with Crippen LogP contribution in [0.4, 0.5) is 0 Å². The lowest BCUT2D eigenvalue weighted by molar-refractivity contribution is -0.143. The van der Waals surface area contributed by atoms with E-state index in [2.05, 4.69) is 20.8 Å². The van der Waals surface area contributed by atoms with Crippen molar-refractivity contribution in [1.29, 1.82) is 0 Å². The molecule has 0 saturated heterocycles. The van der Waals surface area contributed by atoms with Crippen molar-refractivity contribution in [2.24, 2.45) is 5.92 Å². The molecule has 0 aliphatic carbocycles. The van der Waals surface area contributed by atoms with Crippen LogP contribution in [0, 0.1) is 5.92 Å². The van der Waals surface area contributed by atoms with E-state index in [0.29, 0.717) is 5.92 Å². The molecule has 0 aromatic rings. The van der Waals surface area contributed by atoms with Gasteiger partial charge < -0.3 is 5.11 Å². The van der Waals surface area contributed by atoms with Crippen LogP contribution >= 0.6 is 0 Å². The molecule has 0 spiro atoms. The Morgan fingerprint density at radius 2 is 1.93 bits per heavy atom. The third-order valence-electron chi connectivity index (χ3n) is 2.71. The molecule has 0 rings (SSSR count). The lowest BCUT2D eigenvalue weighted by atomic mass is 10.1. The molecule has 0 bridgehead atoms. The number of rotatable bonds is 8. The molecular weight excluding hydrogens is 190 g/mol. The highest BCUT2D eigenvalue weighted by Crippen LogP contribution is 2.10. The summed E-state index contributed by atoms with van der Waals surface area (Å²) in [5.74, 6) is -0.0530. The monoisotopic (exact) mass is 215 g/mol. The summed E-state index contributed by atoms with van der Waals surface area (Å²) < 4.78 is 0. The predicted octanol–water partition coefficient (Wildman–Crippen LogP) is 2.61. The Bertz CT molecular complexity index is 180. The van der Waals surface area contributed by atoms with Gasteiger partial charge in [-0.05, 0) is 32.4 Å². The summed E-state index contributed by atoms with van der Waals surface area (Å²) in [5.41, 5.74) is 0. The zero-order chi connectivity index (χ0) is 11.8. The molecule has 3 nitrogen and oxygen atoms in total. The first-order chi connectivity index (χ1) is 6.99. The minimum absolute atomic E-state index is 0.302. The maximum absolute atomic E-state index is 11.0. The number of aliphatic carboxylic acids is 1. The number of carboxylic acids is 1. The Hall–Kier alpha value is -0.570. The molecule has 15 heavy (non-hydrogen) atoms. The van der Waals surface area contributed by atoms with E-state index in [4.69, 9.17) is 5.11 Å². The van der Waals surface area contributed by atoms with Crippen LogP contribution in [0.2, 0.25) is 0 Å². The number of unbranched alkanes of at least 4 members (excludes halogenated alkanes) is 1. The Morgan fingerprint density at radius 1 is 1.33 bits per heavy atom. The Balaban J connectivity index is 4.04. The van der Waals surface area contributed by atoms with Crippen LogP contribution in [0.15, 0.2) is 0 Å². The number of carbonyl (C=O) groups is 1. The number of hydrogen-bond donors (Lipinski definition) is 1. The lowest BCUT2D eigenvalue weighted by Crippen LogP contribution is -2.39. The molecule has 0 heterocycles. The summed E-state index contributed by atoms with van der Waals surface area (Å²) in [5, 5.41) is 9.09. The van der Waals surface area contributed by atoms with E-state index in [9.17, 15) is 4.79 Å². The van der Waals surface area contributed by atoms with E-state index < -0.39 is 5.97 Å². The minimum atomic E-state index is -0.685. The number of hydrogen-bond acceptors (Lipinski definition) is 2. The summed E-state index contributed by atoms with van der Waals surface area (Å²) in [6, 6.07) is -0.302. The van der Waals surface area contributed by atoms with E-state index >= 15 is 0 Å². The van der Waals surface area contributed by atoms with Crippen molar-refractivity contribution >= 4 is 5.97 Å². The van der Waals surface area contributed by atoms with Crippen molar-refractivity contribution in [2.45, 2.75) is 52.5 Å². The van der Waals surface area contributed by atoms with Gasteiger partial charge in [-0.1, -0.05) is 33.6 Å². The summed E-state index contributed by atoms with van der Waals surface area (Å²) in [6.07, 6.45) is 3.87. The fourth-order valence-corrected chi connectivity index (χ4v) is 1.55. The first kappa shape index (κ1) is 14.4. The fourth-order valence-electron chi connectivity index (χ4n) is 1.55. The highest BCUT2D eigenvalue weighted by molar-refractivity contribution is 5.73. The Morgan fingerprint density at radius 3 is 2.33 bits per heavy atom. The summed E-state index contributed by atoms with van der Waals surface area (Å²) in [6.45, 7) is 7.29. The maximum Gasteiger partial charge on any atom is 0.320 e. The SMILES string of the molecule is CCCCC(C(=O)O)N(C)CCC(C)C. The molecule has 0 radical (unpaired) electrons. The highest BCUT2D eigenvalue weighted by Gasteiger charge is 2.21. The molecule has 3 heteroatoms. The standard InChI is InChI=1S/C12H25NO2/c1-5-6-7-11(12(14)15)13(4)9-8-10(2)3/h10-11H,5-9H2,1-4H3,(H,14,15). The normalized spacial score (nSPS) is 13.5. The van der Waals surface area contributed by atoms with Crippen LogP contribution in [0.1, 0.15) is 46.5 Å². The van der Waals surface area contributed by atoms with Gasteiger partial charge in [0.2, 0.25) is 0 Å². The second-order valence-corrected chi connectivity index (χ2v) is 4.66. The molecule has 1 atom stereocenters. The number of likely N-dealkylation sites (N-methyl/N-ethyl adjacent to an activating group) is 1. The Labute approximate surface area is 93.5 Å². The van der Waals surface area contributed by atoms with Gasteiger partial charge in [0.15, 0.2) is 0 Å². The van der Waals surface area contributed by atoms with E-state index in [-0.39, 0.29) is 6.04 Å². The third kappa shape index (κ3) is 6.50. The van der Waals surface area contributed by atoms with Crippen molar-refractivity contribution in [3.63, 3.8) is 0 Å². The van der Waals surface area contributed by atoms with Gasteiger partial charge in [0.05, 0.1) is 0 Å². The van der Waals surface area contributed by atoms with Crippen molar-refractivity contribution < 1.29 is 9.90 Å². The first-order valence-corrected chi connectivity index (χ1v) is 5.92. The molecule has 0 fully saturated rings. The lowest BCUT2D eigenvalue weighted by Gasteiger charge is -2.25. The first-order valence-electron chi connectivity index (χ1n) is 5.92. The van der Waals surface area contributed by atoms with Crippen LogP contribution in [0.25, 0.3) is 0 Å². The van der Waals surface area contributed by atoms with Crippen molar-refractivity contribution in [1.82, 2.24) is 4.90 Å². The van der Waals surface area contributed by atoms with Crippen LogP contribution in [-0.2, 0) is 4.79 Å². The largest absolute Gasteiger partial charge is 0.480 e. The van der Waals surface area contributed by atoms with Gasteiger partial charge in [0, 0.05) is 0 Å². The van der Waals surface area contributed by atoms with E-state index in [0.717, 1.165) is 32.2 Å². The smallest absolute Gasteiger partial charge is 0.320 e. The van der Waals surface area contributed by atoms with E-state index in [1.165, 1.54) is 0 Å². The van der Waals surface area contributed by atoms with Gasteiger partial charge in [0.25, 0.3) is 0 Å². The van der Waals surface area contributed by atoms with Crippen molar-refractivity contribution in [3.8, 4) is 0 Å². The number of nitrogens with zero attached hydrogens (tertiary/aromatic N) is 1. The van der Waals surface area contributed by atoms with Crippen LogP contribution < -0.4 is 0 Å². The molecule has 1 N–H and O–H groups in total. The molecule has 0 aliphatic rings. The van der Waals surface area contributed by atoms with Gasteiger partial charge in [-0.3, -0.25) is 9.69 Å². The molecule has 0 amide bonds. The summed E-state index contributed by atoms with van der Waals surface area (Å²) >= 11 is 0. The minimum Gasteiger partial charge on any atom is -0.480 e. The zero-order valence-electron chi connectivity index (χ0n) is 10.5. The summed E-state index contributed by atoms with van der Waals surface area (Å²) in [7, 11) is 1.91. The van der Waals surface area contributed by atoms with Crippen LogP contribution in [0.5, 0.6) is 0 Å². The van der Waals surface area contributed by atoms with E-state index in [1.807, 2.05) is 11.9 Å². The van der Waals surface area contributed by atoms with Gasteiger partial charge >= 0.3 is 5.97 Å². The average molecular weight is 215 g/mol.